The average Bonchev–Trinajstić information content (AvgIpc) is 2.76. The van der Waals surface area contributed by atoms with Crippen molar-refractivity contribution in [2.24, 2.45) is 0 Å². The molecule has 1 unspecified atom stereocenters. The first kappa shape index (κ1) is 22.1. The van der Waals surface area contributed by atoms with E-state index < -0.39 is 11.6 Å². The van der Waals surface area contributed by atoms with Crippen molar-refractivity contribution in [3.63, 3.8) is 0 Å². The summed E-state index contributed by atoms with van der Waals surface area (Å²) in [4.78, 5) is 42.2. The monoisotopic (exact) mass is 456 g/mol. The molecule has 2 aliphatic rings. The van der Waals surface area contributed by atoms with Gasteiger partial charge in [0, 0.05) is 17.1 Å². The van der Waals surface area contributed by atoms with Gasteiger partial charge in [0.1, 0.15) is 11.5 Å². The third-order valence-electron chi connectivity index (χ3n) is 5.68. The Bertz CT molecular complexity index is 1110. The van der Waals surface area contributed by atoms with E-state index >= 15 is 0 Å². The molecule has 8 heteroatoms. The van der Waals surface area contributed by atoms with Gasteiger partial charge in [-0.15, -0.1) is 0 Å². The molecule has 2 heterocycles. The van der Waals surface area contributed by atoms with Crippen molar-refractivity contribution < 1.29 is 23.9 Å². The van der Waals surface area contributed by atoms with Gasteiger partial charge in [0.05, 0.1) is 17.4 Å². The lowest BCUT2D eigenvalue weighted by Crippen LogP contribution is -2.57. The number of fused-ring (bicyclic) bond motifs is 2. The molecule has 0 radical (unpaired) electrons. The molecule has 0 saturated heterocycles. The van der Waals surface area contributed by atoms with Crippen LogP contribution in [0.25, 0.3) is 0 Å². The van der Waals surface area contributed by atoms with Crippen LogP contribution in [0.15, 0.2) is 36.4 Å². The minimum absolute atomic E-state index is 0.0222. The van der Waals surface area contributed by atoms with Crippen LogP contribution in [0, 0.1) is 0 Å². The summed E-state index contributed by atoms with van der Waals surface area (Å²) in [6, 6.07) is 9.19. The van der Waals surface area contributed by atoms with Crippen LogP contribution < -0.4 is 19.3 Å². The molecule has 1 atom stereocenters. The van der Waals surface area contributed by atoms with Crippen molar-refractivity contribution in [2.45, 2.75) is 45.8 Å². The number of carbonyl (C=O) groups is 3. The Labute approximate surface area is 191 Å². The molecule has 0 aliphatic carbocycles. The highest BCUT2D eigenvalue weighted by molar-refractivity contribution is 6.31. The third kappa shape index (κ3) is 3.71. The highest BCUT2D eigenvalue weighted by Gasteiger charge is 2.44. The topological polar surface area (TPSA) is 76.2 Å². The van der Waals surface area contributed by atoms with Gasteiger partial charge in [-0.2, -0.15) is 0 Å². The van der Waals surface area contributed by atoms with Gasteiger partial charge in [-0.05, 0) is 63.6 Å². The maximum atomic E-state index is 13.5. The Morgan fingerprint density at radius 3 is 2.56 bits per heavy atom. The van der Waals surface area contributed by atoms with E-state index in [2.05, 4.69) is 0 Å². The fourth-order valence-electron chi connectivity index (χ4n) is 4.05. The molecule has 2 aromatic rings. The first-order chi connectivity index (χ1) is 15.1. The van der Waals surface area contributed by atoms with E-state index in [4.69, 9.17) is 21.1 Å². The first-order valence-corrected chi connectivity index (χ1v) is 11.0. The van der Waals surface area contributed by atoms with Crippen LogP contribution in [0.2, 0.25) is 5.02 Å². The SMILES string of the molecule is CCCN1C(=O)COc2ccc(C(=O)C(C)N3C(=O)C(C)(C)Oc4ccc(Cl)cc43)cc21. The molecular weight excluding hydrogens is 432 g/mol. The fraction of sp³-hybridized carbons (Fsp3) is 0.375. The number of hydrogen-bond acceptors (Lipinski definition) is 5. The first-order valence-electron chi connectivity index (χ1n) is 10.6. The second-order valence-corrected chi connectivity index (χ2v) is 8.89. The predicted molar refractivity (Wildman–Crippen MR) is 122 cm³/mol. The van der Waals surface area contributed by atoms with E-state index in [0.717, 1.165) is 6.42 Å². The van der Waals surface area contributed by atoms with Crippen LogP contribution in [0.3, 0.4) is 0 Å². The molecule has 4 rings (SSSR count). The molecule has 2 aliphatic heterocycles. The van der Waals surface area contributed by atoms with Gasteiger partial charge >= 0.3 is 0 Å². The molecule has 0 spiro atoms. The van der Waals surface area contributed by atoms with Gasteiger partial charge < -0.3 is 14.4 Å². The van der Waals surface area contributed by atoms with E-state index in [0.29, 0.717) is 40.0 Å². The number of anilines is 2. The van der Waals surface area contributed by atoms with Gasteiger partial charge in [0.2, 0.25) is 0 Å². The second kappa shape index (κ2) is 8.13. The van der Waals surface area contributed by atoms with Crippen LogP contribution in [0.4, 0.5) is 11.4 Å². The molecule has 2 amide bonds. The molecule has 2 aromatic carbocycles. The number of carbonyl (C=O) groups excluding carboxylic acids is 3. The highest BCUT2D eigenvalue weighted by Crippen LogP contribution is 2.41. The summed E-state index contributed by atoms with van der Waals surface area (Å²) >= 11 is 6.17. The summed E-state index contributed by atoms with van der Waals surface area (Å²) in [5.41, 5.74) is 0.268. The molecule has 0 bridgehead atoms. The van der Waals surface area contributed by atoms with E-state index in [-0.39, 0.29) is 24.2 Å². The molecule has 0 fully saturated rings. The van der Waals surface area contributed by atoms with E-state index in [9.17, 15) is 14.4 Å². The number of nitrogens with zero attached hydrogens (tertiary/aromatic N) is 2. The fourth-order valence-corrected chi connectivity index (χ4v) is 4.22. The molecule has 7 nitrogen and oxygen atoms in total. The smallest absolute Gasteiger partial charge is 0.271 e. The number of Topliss-reactive ketones (excluding diaryl/α,β-unsaturated/α-hetero) is 1. The molecule has 168 valence electrons. The number of ketones is 1. The molecule has 0 N–H and O–H groups in total. The van der Waals surface area contributed by atoms with Gasteiger partial charge in [-0.25, -0.2) is 0 Å². The van der Waals surface area contributed by atoms with Crippen LogP contribution >= 0.6 is 11.6 Å². The van der Waals surface area contributed by atoms with Crippen molar-refractivity contribution in [1.82, 2.24) is 0 Å². The molecule has 0 aromatic heterocycles. The van der Waals surface area contributed by atoms with Crippen LogP contribution in [0.5, 0.6) is 11.5 Å². The highest BCUT2D eigenvalue weighted by atomic mass is 35.5. The molecular formula is C24H25ClN2O5. The van der Waals surface area contributed by atoms with Crippen molar-refractivity contribution >= 4 is 40.6 Å². The van der Waals surface area contributed by atoms with Crippen molar-refractivity contribution in [3.05, 3.63) is 47.0 Å². The lowest BCUT2D eigenvalue weighted by atomic mass is 9.97. The molecule has 0 saturated carbocycles. The van der Waals surface area contributed by atoms with E-state index in [1.54, 1.807) is 62.1 Å². The third-order valence-corrected chi connectivity index (χ3v) is 5.91. The number of halogens is 1. The van der Waals surface area contributed by atoms with Gasteiger partial charge in [-0.1, -0.05) is 18.5 Å². The lowest BCUT2D eigenvalue weighted by Gasteiger charge is -2.41. The Balaban J connectivity index is 1.72. The molecule has 32 heavy (non-hydrogen) atoms. The summed E-state index contributed by atoms with van der Waals surface area (Å²) in [6.07, 6.45) is 0.772. The average molecular weight is 457 g/mol. The van der Waals surface area contributed by atoms with Crippen molar-refractivity contribution in [3.8, 4) is 11.5 Å². The minimum Gasteiger partial charge on any atom is -0.482 e. The quantitative estimate of drug-likeness (QED) is 0.628. The minimum atomic E-state index is -1.14. The zero-order valence-corrected chi connectivity index (χ0v) is 19.2. The standard InChI is InChI=1S/C24H25ClN2O5/c1-5-10-26-17-11-15(6-8-19(17)31-13-21(26)28)22(29)14(2)27-18-12-16(25)7-9-20(18)32-24(3,4)23(27)30/h6-9,11-12,14H,5,10,13H2,1-4H3. The normalized spacial score (nSPS) is 17.8. The summed E-state index contributed by atoms with van der Waals surface area (Å²) in [7, 11) is 0. The van der Waals surface area contributed by atoms with Gasteiger partial charge in [0.15, 0.2) is 18.0 Å². The van der Waals surface area contributed by atoms with Crippen LogP contribution in [-0.4, -0.2) is 42.4 Å². The maximum absolute atomic E-state index is 13.5. The Hall–Kier alpha value is -3.06. The Morgan fingerprint density at radius 2 is 1.84 bits per heavy atom. The van der Waals surface area contributed by atoms with E-state index in [1.165, 1.54) is 4.90 Å². The number of ether oxygens (including phenoxy) is 2. The largest absolute Gasteiger partial charge is 0.482 e. The summed E-state index contributed by atoms with van der Waals surface area (Å²) in [5.74, 6) is 0.294. The summed E-state index contributed by atoms with van der Waals surface area (Å²) < 4.78 is 11.4. The van der Waals surface area contributed by atoms with Gasteiger partial charge in [0.25, 0.3) is 11.8 Å². The number of amides is 2. The van der Waals surface area contributed by atoms with E-state index in [1.807, 2.05) is 6.92 Å². The maximum Gasteiger partial charge on any atom is 0.271 e. The summed E-state index contributed by atoms with van der Waals surface area (Å²) in [5, 5.41) is 0.434. The number of hydrogen-bond donors (Lipinski definition) is 0. The van der Waals surface area contributed by atoms with Gasteiger partial charge in [-0.3, -0.25) is 19.3 Å². The zero-order chi connectivity index (χ0) is 23.2. The second-order valence-electron chi connectivity index (χ2n) is 8.46. The predicted octanol–water partition coefficient (Wildman–Crippen LogP) is 4.25. The number of benzene rings is 2. The Morgan fingerprint density at radius 1 is 1.12 bits per heavy atom. The van der Waals surface area contributed by atoms with Crippen molar-refractivity contribution in [2.75, 3.05) is 23.0 Å². The Kier molecular flexibility index (Phi) is 5.63. The zero-order valence-electron chi connectivity index (χ0n) is 18.5. The van der Waals surface area contributed by atoms with Crippen LogP contribution in [-0.2, 0) is 9.59 Å². The number of rotatable bonds is 5. The summed E-state index contributed by atoms with van der Waals surface area (Å²) in [6.45, 7) is 7.50. The van der Waals surface area contributed by atoms with Crippen LogP contribution in [0.1, 0.15) is 44.5 Å². The van der Waals surface area contributed by atoms with Crippen molar-refractivity contribution in [1.29, 1.82) is 0 Å². The lowest BCUT2D eigenvalue weighted by molar-refractivity contribution is -0.133.